The second-order valence-corrected chi connectivity index (χ2v) is 6.26. The summed E-state index contributed by atoms with van der Waals surface area (Å²) in [7, 11) is 1.85. The van der Waals surface area contributed by atoms with Gasteiger partial charge < -0.3 is 9.30 Å². The molecule has 0 saturated heterocycles. The van der Waals surface area contributed by atoms with E-state index in [1.807, 2.05) is 45.4 Å². The Labute approximate surface area is 153 Å². The number of carbonyl (C=O) groups excluding carboxylic acids is 2. The first-order valence-corrected chi connectivity index (χ1v) is 8.42. The van der Waals surface area contributed by atoms with Crippen LogP contribution < -0.4 is 0 Å². The molecule has 2 aromatic rings. The number of aromatic nitrogens is 3. The number of ketones is 1. The number of esters is 1. The lowest BCUT2D eigenvalue weighted by Crippen LogP contribution is -2.13. The van der Waals surface area contributed by atoms with E-state index in [0.717, 1.165) is 28.3 Å². The maximum atomic E-state index is 12.4. The van der Waals surface area contributed by atoms with Crippen molar-refractivity contribution in [2.24, 2.45) is 7.05 Å². The molecule has 0 atom stereocenters. The number of Topliss-reactive ketones (excluding diaryl/α,β-unsaturated/α-hetero) is 1. The maximum absolute atomic E-state index is 12.4. The summed E-state index contributed by atoms with van der Waals surface area (Å²) in [6.45, 7) is 11.7. The summed E-state index contributed by atoms with van der Waals surface area (Å²) in [5, 5.41) is 4.29. The minimum atomic E-state index is -0.555. The molecular formula is C20H25N3O3. The largest absolute Gasteiger partial charge is 0.454 e. The number of ether oxygens (including phenoxy) is 1. The second kappa shape index (κ2) is 7.99. The van der Waals surface area contributed by atoms with Crippen molar-refractivity contribution in [3.05, 3.63) is 58.7 Å². The fraction of sp³-hybridized carbons (Fsp3) is 0.350. The molecule has 2 heterocycles. The van der Waals surface area contributed by atoms with Gasteiger partial charge in [0, 0.05) is 47.9 Å². The normalized spacial score (nSPS) is 11.1. The molecule has 0 aliphatic carbocycles. The SMILES string of the molecule is C=CCn1c(C)cc(C(=O)COC(=O)/C=C/c2c(C)nn(C)c2C)c1C. The van der Waals surface area contributed by atoms with Crippen LogP contribution in [0.4, 0.5) is 0 Å². The lowest BCUT2D eigenvalue weighted by atomic mass is 10.1. The Bertz CT molecular complexity index is 885. The Balaban J connectivity index is 2.01. The van der Waals surface area contributed by atoms with Gasteiger partial charge in [-0.2, -0.15) is 5.10 Å². The number of rotatable bonds is 7. The Hall–Kier alpha value is -2.89. The van der Waals surface area contributed by atoms with Gasteiger partial charge in [0.1, 0.15) is 0 Å². The highest BCUT2D eigenvalue weighted by Gasteiger charge is 2.16. The molecule has 0 fully saturated rings. The monoisotopic (exact) mass is 355 g/mol. The van der Waals surface area contributed by atoms with Crippen molar-refractivity contribution >= 4 is 17.8 Å². The first kappa shape index (κ1) is 19.4. The van der Waals surface area contributed by atoms with Gasteiger partial charge in [-0.05, 0) is 39.8 Å². The lowest BCUT2D eigenvalue weighted by Gasteiger charge is -2.06. The molecule has 0 radical (unpaired) electrons. The van der Waals surface area contributed by atoms with Crippen LogP contribution in [0.3, 0.4) is 0 Å². The zero-order valence-corrected chi connectivity index (χ0v) is 16.0. The lowest BCUT2D eigenvalue weighted by molar-refractivity contribution is -0.136. The van der Waals surface area contributed by atoms with E-state index in [1.165, 1.54) is 6.08 Å². The Morgan fingerprint density at radius 3 is 2.50 bits per heavy atom. The van der Waals surface area contributed by atoms with Gasteiger partial charge in [0.2, 0.25) is 5.78 Å². The Morgan fingerprint density at radius 2 is 1.92 bits per heavy atom. The van der Waals surface area contributed by atoms with Crippen LogP contribution in [-0.2, 0) is 23.1 Å². The Kier molecular flexibility index (Phi) is 5.97. The first-order chi connectivity index (χ1) is 12.3. The molecule has 6 heteroatoms. The van der Waals surface area contributed by atoms with Crippen molar-refractivity contribution in [2.75, 3.05) is 6.61 Å². The van der Waals surface area contributed by atoms with Gasteiger partial charge in [-0.25, -0.2) is 4.79 Å². The number of aryl methyl sites for hydroxylation is 3. The highest BCUT2D eigenvalue weighted by atomic mass is 16.5. The molecule has 0 aliphatic rings. The third kappa shape index (κ3) is 4.02. The van der Waals surface area contributed by atoms with Crippen molar-refractivity contribution in [3.8, 4) is 0 Å². The molecule has 0 unspecified atom stereocenters. The molecule has 0 aliphatic heterocycles. The van der Waals surface area contributed by atoms with Crippen LogP contribution in [-0.4, -0.2) is 32.7 Å². The predicted octanol–water partition coefficient (Wildman–Crippen LogP) is 3.08. The Morgan fingerprint density at radius 1 is 1.23 bits per heavy atom. The average Bonchev–Trinajstić information content (AvgIpc) is 3.01. The zero-order chi connectivity index (χ0) is 19.4. The number of hydrogen-bond acceptors (Lipinski definition) is 4. The van der Waals surface area contributed by atoms with E-state index in [1.54, 1.807) is 16.8 Å². The van der Waals surface area contributed by atoms with E-state index < -0.39 is 5.97 Å². The molecule has 0 aromatic carbocycles. The van der Waals surface area contributed by atoms with Gasteiger partial charge in [-0.1, -0.05) is 6.08 Å². The topological polar surface area (TPSA) is 66.1 Å². The molecule has 0 bridgehead atoms. The van der Waals surface area contributed by atoms with Crippen molar-refractivity contribution in [2.45, 2.75) is 34.2 Å². The number of nitrogens with zero attached hydrogens (tertiary/aromatic N) is 3. The summed E-state index contributed by atoms with van der Waals surface area (Å²) in [4.78, 5) is 24.3. The molecule has 6 nitrogen and oxygen atoms in total. The molecule has 0 saturated carbocycles. The quantitative estimate of drug-likeness (QED) is 0.331. The molecule has 0 N–H and O–H groups in total. The average molecular weight is 355 g/mol. The summed E-state index contributed by atoms with van der Waals surface area (Å²) in [6, 6.07) is 1.81. The van der Waals surface area contributed by atoms with Crippen LogP contribution in [0.25, 0.3) is 6.08 Å². The van der Waals surface area contributed by atoms with Gasteiger partial charge in [0.05, 0.1) is 5.69 Å². The van der Waals surface area contributed by atoms with Gasteiger partial charge in [-0.15, -0.1) is 6.58 Å². The van der Waals surface area contributed by atoms with Crippen LogP contribution in [0.5, 0.6) is 0 Å². The molecule has 0 amide bonds. The van der Waals surface area contributed by atoms with Crippen molar-refractivity contribution in [3.63, 3.8) is 0 Å². The molecule has 26 heavy (non-hydrogen) atoms. The van der Waals surface area contributed by atoms with Gasteiger partial charge in [-0.3, -0.25) is 9.48 Å². The highest BCUT2D eigenvalue weighted by Crippen LogP contribution is 2.16. The number of allylic oxidation sites excluding steroid dienone is 1. The summed E-state index contributed by atoms with van der Waals surface area (Å²) in [5.74, 6) is -0.773. The van der Waals surface area contributed by atoms with Crippen LogP contribution >= 0.6 is 0 Å². The molecular weight excluding hydrogens is 330 g/mol. The van der Waals surface area contributed by atoms with Crippen molar-refractivity contribution in [1.29, 1.82) is 0 Å². The van der Waals surface area contributed by atoms with Gasteiger partial charge >= 0.3 is 5.97 Å². The number of carbonyl (C=O) groups is 2. The first-order valence-electron chi connectivity index (χ1n) is 8.42. The molecule has 138 valence electrons. The highest BCUT2D eigenvalue weighted by molar-refractivity contribution is 6.00. The zero-order valence-electron chi connectivity index (χ0n) is 16.0. The minimum Gasteiger partial charge on any atom is -0.454 e. The fourth-order valence-corrected chi connectivity index (χ4v) is 2.94. The van der Waals surface area contributed by atoms with E-state index in [4.69, 9.17) is 4.74 Å². The molecule has 2 aromatic heterocycles. The fourth-order valence-electron chi connectivity index (χ4n) is 2.94. The van der Waals surface area contributed by atoms with Crippen LogP contribution in [0.15, 0.2) is 24.8 Å². The van der Waals surface area contributed by atoms with E-state index in [2.05, 4.69) is 11.7 Å². The molecule has 2 rings (SSSR count). The van der Waals surface area contributed by atoms with E-state index in [9.17, 15) is 9.59 Å². The van der Waals surface area contributed by atoms with Gasteiger partial charge in [0.25, 0.3) is 0 Å². The third-order valence-electron chi connectivity index (χ3n) is 4.48. The maximum Gasteiger partial charge on any atom is 0.331 e. The van der Waals surface area contributed by atoms with E-state index >= 15 is 0 Å². The number of hydrogen-bond donors (Lipinski definition) is 0. The van der Waals surface area contributed by atoms with Crippen LogP contribution in [0, 0.1) is 27.7 Å². The van der Waals surface area contributed by atoms with Crippen molar-refractivity contribution < 1.29 is 14.3 Å². The van der Waals surface area contributed by atoms with E-state index in [0.29, 0.717) is 12.1 Å². The standard InChI is InChI=1S/C20H25N3O3/c1-7-10-23-13(2)11-18(16(23)5)19(24)12-26-20(25)9-8-17-14(3)21-22(6)15(17)4/h7-9,11H,1,10,12H2,2-6H3/b9-8+. The summed E-state index contributed by atoms with van der Waals surface area (Å²) >= 11 is 0. The van der Waals surface area contributed by atoms with Crippen LogP contribution in [0.2, 0.25) is 0 Å². The van der Waals surface area contributed by atoms with Crippen molar-refractivity contribution in [1.82, 2.24) is 14.3 Å². The smallest absolute Gasteiger partial charge is 0.331 e. The summed E-state index contributed by atoms with van der Waals surface area (Å²) < 4.78 is 8.85. The minimum absolute atomic E-state index is 0.219. The molecule has 0 spiro atoms. The van der Waals surface area contributed by atoms with Gasteiger partial charge in [0.15, 0.2) is 6.61 Å². The second-order valence-electron chi connectivity index (χ2n) is 6.26. The van der Waals surface area contributed by atoms with Crippen LogP contribution in [0.1, 0.15) is 38.7 Å². The summed E-state index contributed by atoms with van der Waals surface area (Å²) in [6.07, 6.45) is 4.77. The predicted molar refractivity (Wildman–Crippen MR) is 101 cm³/mol. The third-order valence-corrected chi connectivity index (χ3v) is 4.48. The summed E-state index contributed by atoms with van der Waals surface area (Å²) in [5.41, 5.74) is 5.06. The van der Waals surface area contributed by atoms with E-state index in [-0.39, 0.29) is 12.4 Å².